The maximum absolute atomic E-state index is 11.4. The SMILES string of the molecule is CCC(C)C(C)C1OC(C)(C(=O)O)CC(C)C1C. The van der Waals surface area contributed by atoms with Gasteiger partial charge in [-0.15, -0.1) is 0 Å². The highest BCUT2D eigenvalue weighted by Gasteiger charge is 2.47. The molecule has 6 atom stereocenters. The van der Waals surface area contributed by atoms with E-state index < -0.39 is 11.6 Å². The minimum Gasteiger partial charge on any atom is -0.479 e. The molecular formula is C15H28O3. The van der Waals surface area contributed by atoms with Gasteiger partial charge < -0.3 is 9.84 Å². The van der Waals surface area contributed by atoms with E-state index in [1.807, 2.05) is 0 Å². The summed E-state index contributed by atoms with van der Waals surface area (Å²) in [4.78, 5) is 11.4. The van der Waals surface area contributed by atoms with E-state index >= 15 is 0 Å². The average Bonchev–Trinajstić information content (AvgIpc) is 2.31. The minimum atomic E-state index is -1.02. The Morgan fingerprint density at radius 1 is 1.44 bits per heavy atom. The average molecular weight is 256 g/mol. The number of carbonyl (C=O) groups is 1. The highest BCUT2D eigenvalue weighted by atomic mass is 16.5. The first-order chi connectivity index (χ1) is 8.23. The second-order valence-corrected chi connectivity index (χ2v) is 6.40. The second kappa shape index (κ2) is 5.60. The van der Waals surface area contributed by atoms with Crippen LogP contribution < -0.4 is 0 Å². The van der Waals surface area contributed by atoms with Crippen LogP contribution in [0.4, 0.5) is 0 Å². The molecule has 1 N–H and O–H groups in total. The Bertz CT molecular complexity index is 302. The van der Waals surface area contributed by atoms with E-state index in [9.17, 15) is 9.90 Å². The van der Waals surface area contributed by atoms with Crippen molar-refractivity contribution in [1.82, 2.24) is 0 Å². The van der Waals surface area contributed by atoms with Gasteiger partial charge in [-0.1, -0.05) is 41.0 Å². The maximum Gasteiger partial charge on any atom is 0.335 e. The van der Waals surface area contributed by atoms with Crippen molar-refractivity contribution >= 4 is 5.97 Å². The molecule has 3 nitrogen and oxygen atoms in total. The van der Waals surface area contributed by atoms with E-state index in [4.69, 9.17) is 4.74 Å². The summed E-state index contributed by atoms with van der Waals surface area (Å²) in [5.74, 6) is 0.924. The number of hydrogen-bond donors (Lipinski definition) is 1. The lowest BCUT2D eigenvalue weighted by Crippen LogP contribution is -2.53. The molecule has 1 aliphatic heterocycles. The highest BCUT2D eigenvalue weighted by Crippen LogP contribution is 2.41. The Hall–Kier alpha value is -0.570. The summed E-state index contributed by atoms with van der Waals surface area (Å²) in [5, 5.41) is 9.37. The summed E-state index contributed by atoms with van der Waals surface area (Å²) in [6, 6.07) is 0. The molecule has 0 bridgehead atoms. The van der Waals surface area contributed by atoms with E-state index in [0.29, 0.717) is 30.1 Å². The normalized spacial score (nSPS) is 40.2. The molecule has 6 unspecified atom stereocenters. The third kappa shape index (κ3) is 2.87. The molecule has 0 radical (unpaired) electrons. The molecule has 0 aromatic rings. The van der Waals surface area contributed by atoms with Crippen molar-refractivity contribution in [3.63, 3.8) is 0 Å². The van der Waals surface area contributed by atoms with Gasteiger partial charge in [-0.25, -0.2) is 4.79 Å². The number of ether oxygens (including phenoxy) is 1. The summed E-state index contributed by atoms with van der Waals surface area (Å²) in [6.07, 6.45) is 1.75. The van der Waals surface area contributed by atoms with Gasteiger partial charge in [0.25, 0.3) is 0 Å². The fourth-order valence-electron chi connectivity index (χ4n) is 3.00. The van der Waals surface area contributed by atoms with Crippen molar-refractivity contribution in [2.45, 2.75) is 66.1 Å². The lowest BCUT2D eigenvalue weighted by atomic mass is 9.72. The van der Waals surface area contributed by atoms with E-state index in [1.54, 1.807) is 6.92 Å². The molecule has 0 aromatic heterocycles. The van der Waals surface area contributed by atoms with E-state index in [1.165, 1.54) is 0 Å². The first kappa shape index (κ1) is 15.5. The van der Waals surface area contributed by atoms with Crippen LogP contribution in [-0.4, -0.2) is 22.8 Å². The molecule has 3 heteroatoms. The number of carboxylic acid groups (broad SMARTS) is 1. The Morgan fingerprint density at radius 3 is 2.44 bits per heavy atom. The Balaban J connectivity index is 2.92. The van der Waals surface area contributed by atoms with Crippen molar-refractivity contribution in [1.29, 1.82) is 0 Å². The molecule has 18 heavy (non-hydrogen) atoms. The quantitative estimate of drug-likeness (QED) is 0.836. The first-order valence-electron chi connectivity index (χ1n) is 7.14. The molecule has 0 saturated carbocycles. The highest BCUT2D eigenvalue weighted by molar-refractivity contribution is 5.77. The van der Waals surface area contributed by atoms with Crippen molar-refractivity contribution in [3.8, 4) is 0 Å². The van der Waals surface area contributed by atoms with Crippen LogP contribution in [0, 0.1) is 23.7 Å². The molecule has 1 heterocycles. The molecule has 0 aromatic carbocycles. The molecule has 1 rings (SSSR count). The molecule has 0 amide bonds. The Morgan fingerprint density at radius 2 is 2.00 bits per heavy atom. The molecular weight excluding hydrogens is 228 g/mol. The van der Waals surface area contributed by atoms with Crippen molar-refractivity contribution < 1.29 is 14.6 Å². The number of hydrogen-bond acceptors (Lipinski definition) is 2. The van der Waals surface area contributed by atoms with Crippen LogP contribution in [0.5, 0.6) is 0 Å². The fraction of sp³-hybridized carbons (Fsp3) is 0.933. The van der Waals surface area contributed by atoms with Crippen LogP contribution in [0.25, 0.3) is 0 Å². The molecule has 1 fully saturated rings. The molecule has 0 aliphatic carbocycles. The van der Waals surface area contributed by atoms with Gasteiger partial charge in [0.15, 0.2) is 5.60 Å². The third-order valence-corrected chi connectivity index (χ3v) is 5.04. The first-order valence-corrected chi connectivity index (χ1v) is 7.14. The van der Waals surface area contributed by atoms with E-state index in [2.05, 4.69) is 34.6 Å². The molecule has 1 aliphatic rings. The van der Waals surface area contributed by atoms with Gasteiger partial charge in [0, 0.05) is 0 Å². The van der Waals surface area contributed by atoms with Crippen LogP contribution in [-0.2, 0) is 9.53 Å². The predicted molar refractivity (Wildman–Crippen MR) is 72.5 cm³/mol. The standard InChI is InChI=1S/C15H28O3/c1-7-9(2)11(4)13-12(5)10(3)8-15(6,18-13)14(16)17/h9-13H,7-8H2,1-6H3,(H,16,17). The minimum absolute atomic E-state index is 0.0461. The van der Waals surface area contributed by atoms with E-state index in [0.717, 1.165) is 6.42 Å². The lowest BCUT2D eigenvalue weighted by molar-refractivity contribution is -0.205. The largest absolute Gasteiger partial charge is 0.479 e. The van der Waals surface area contributed by atoms with Gasteiger partial charge in [-0.3, -0.25) is 0 Å². The van der Waals surface area contributed by atoms with Crippen LogP contribution in [0.1, 0.15) is 54.4 Å². The molecule has 0 spiro atoms. The summed E-state index contributed by atoms with van der Waals surface area (Å²) in [7, 11) is 0. The third-order valence-electron chi connectivity index (χ3n) is 5.04. The number of rotatable bonds is 4. The van der Waals surface area contributed by atoms with Crippen LogP contribution in [0.2, 0.25) is 0 Å². The monoisotopic (exact) mass is 256 g/mol. The summed E-state index contributed by atoms with van der Waals surface area (Å²) < 4.78 is 6.00. The van der Waals surface area contributed by atoms with Crippen molar-refractivity contribution in [3.05, 3.63) is 0 Å². The van der Waals surface area contributed by atoms with Gasteiger partial charge in [0.1, 0.15) is 0 Å². The summed E-state index contributed by atoms with van der Waals surface area (Å²) >= 11 is 0. The zero-order valence-electron chi connectivity index (χ0n) is 12.6. The Labute approximate surface area is 111 Å². The van der Waals surface area contributed by atoms with Gasteiger partial charge in [0.2, 0.25) is 0 Å². The van der Waals surface area contributed by atoms with Gasteiger partial charge in [-0.05, 0) is 37.0 Å². The predicted octanol–water partition coefficient (Wildman–Crippen LogP) is 3.57. The van der Waals surface area contributed by atoms with E-state index in [-0.39, 0.29) is 6.10 Å². The second-order valence-electron chi connectivity index (χ2n) is 6.40. The summed E-state index contributed by atoms with van der Waals surface area (Å²) in [5.41, 5.74) is -1.02. The maximum atomic E-state index is 11.4. The smallest absolute Gasteiger partial charge is 0.335 e. The van der Waals surface area contributed by atoms with Gasteiger partial charge in [-0.2, -0.15) is 0 Å². The lowest BCUT2D eigenvalue weighted by Gasteiger charge is -2.46. The molecule has 1 saturated heterocycles. The van der Waals surface area contributed by atoms with Crippen LogP contribution in [0.15, 0.2) is 0 Å². The van der Waals surface area contributed by atoms with Crippen molar-refractivity contribution in [2.75, 3.05) is 0 Å². The van der Waals surface area contributed by atoms with Crippen LogP contribution >= 0.6 is 0 Å². The van der Waals surface area contributed by atoms with Gasteiger partial charge >= 0.3 is 5.97 Å². The fourth-order valence-corrected chi connectivity index (χ4v) is 3.00. The zero-order valence-corrected chi connectivity index (χ0v) is 12.6. The zero-order chi connectivity index (χ0) is 14.1. The number of aliphatic carboxylic acids is 1. The summed E-state index contributed by atoms with van der Waals surface area (Å²) in [6.45, 7) is 12.6. The topological polar surface area (TPSA) is 46.5 Å². The van der Waals surface area contributed by atoms with Crippen molar-refractivity contribution in [2.24, 2.45) is 23.7 Å². The Kier molecular flexibility index (Phi) is 4.82. The van der Waals surface area contributed by atoms with Crippen LogP contribution in [0.3, 0.4) is 0 Å². The number of carboxylic acids is 1. The molecule has 106 valence electrons. The van der Waals surface area contributed by atoms with Gasteiger partial charge in [0.05, 0.1) is 6.10 Å².